The summed E-state index contributed by atoms with van der Waals surface area (Å²) < 4.78 is 7.84. The highest BCUT2D eigenvalue weighted by atomic mass is 127. The fourth-order valence-electron chi connectivity index (χ4n) is 2.07. The quantitative estimate of drug-likeness (QED) is 0.635. The molecule has 0 unspecified atom stereocenters. The van der Waals surface area contributed by atoms with E-state index in [1.54, 1.807) is 0 Å². The summed E-state index contributed by atoms with van der Waals surface area (Å²) in [6, 6.07) is 9.61. The molecule has 0 aliphatic heterocycles. The molecular formula is C17H17BrINO2. The highest BCUT2D eigenvalue weighted by Crippen LogP contribution is 2.31. The van der Waals surface area contributed by atoms with Crippen LogP contribution in [0.5, 0.6) is 5.75 Å². The van der Waals surface area contributed by atoms with Gasteiger partial charge in [0.1, 0.15) is 5.75 Å². The molecule has 0 atom stereocenters. The van der Waals surface area contributed by atoms with Gasteiger partial charge in [0.05, 0.1) is 0 Å². The molecule has 0 bridgehead atoms. The van der Waals surface area contributed by atoms with E-state index in [0.29, 0.717) is 0 Å². The zero-order valence-corrected chi connectivity index (χ0v) is 16.4. The second-order valence-corrected chi connectivity index (χ2v) is 7.14. The molecular weight excluding hydrogens is 457 g/mol. The molecule has 2 aromatic rings. The Hall–Kier alpha value is -1.08. The Kier molecular flexibility index (Phi) is 5.86. The van der Waals surface area contributed by atoms with Crippen molar-refractivity contribution in [3.05, 3.63) is 55.1 Å². The van der Waals surface area contributed by atoms with Crippen molar-refractivity contribution in [3.63, 3.8) is 0 Å². The van der Waals surface area contributed by atoms with Crippen LogP contribution in [0.2, 0.25) is 0 Å². The second kappa shape index (κ2) is 7.46. The molecule has 116 valence electrons. The highest BCUT2D eigenvalue weighted by Gasteiger charge is 2.11. The Balaban J connectivity index is 2.03. The summed E-state index contributed by atoms with van der Waals surface area (Å²) in [7, 11) is 0. The van der Waals surface area contributed by atoms with E-state index in [1.807, 2.05) is 51.1 Å². The molecule has 0 aromatic heterocycles. The summed E-state index contributed by atoms with van der Waals surface area (Å²) in [4.78, 5) is 12.0. The maximum Gasteiger partial charge on any atom is 0.262 e. The molecule has 0 aliphatic rings. The van der Waals surface area contributed by atoms with E-state index in [0.717, 1.165) is 36.2 Å². The van der Waals surface area contributed by atoms with Crippen LogP contribution in [0.1, 0.15) is 16.7 Å². The number of halogens is 2. The first-order valence-corrected chi connectivity index (χ1v) is 8.70. The van der Waals surface area contributed by atoms with Crippen LogP contribution in [0.3, 0.4) is 0 Å². The summed E-state index contributed by atoms with van der Waals surface area (Å²) in [5.74, 6) is 0.579. The third-order valence-electron chi connectivity index (χ3n) is 3.42. The molecule has 5 heteroatoms. The lowest BCUT2D eigenvalue weighted by Gasteiger charge is -2.14. The molecule has 2 rings (SSSR count). The average Bonchev–Trinajstić information content (AvgIpc) is 2.47. The number of ether oxygens (including phenoxy) is 1. The standard InChI is InChI=1S/C17H17BrINO2/c1-10-7-15(11(2)12(3)17(10)18)22-9-16(21)20-14-6-4-5-13(19)8-14/h4-8H,9H2,1-3H3,(H,20,21). The summed E-state index contributed by atoms with van der Waals surface area (Å²) in [6.07, 6.45) is 0. The fraction of sp³-hybridized carbons (Fsp3) is 0.235. The van der Waals surface area contributed by atoms with E-state index in [-0.39, 0.29) is 12.5 Å². The van der Waals surface area contributed by atoms with Gasteiger partial charge in [0, 0.05) is 13.7 Å². The minimum atomic E-state index is -0.167. The van der Waals surface area contributed by atoms with E-state index in [1.165, 1.54) is 0 Å². The predicted octanol–water partition coefficient (Wildman–Crippen LogP) is 5.00. The number of carbonyl (C=O) groups is 1. The van der Waals surface area contributed by atoms with Gasteiger partial charge in [0.2, 0.25) is 0 Å². The SMILES string of the molecule is Cc1cc(OCC(=O)Nc2cccc(I)c2)c(C)c(C)c1Br. The lowest BCUT2D eigenvalue weighted by atomic mass is 10.1. The van der Waals surface area contributed by atoms with Gasteiger partial charge in [-0.1, -0.05) is 22.0 Å². The molecule has 0 saturated carbocycles. The molecule has 2 aromatic carbocycles. The van der Waals surface area contributed by atoms with Crippen molar-refractivity contribution in [2.24, 2.45) is 0 Å². The topological polar surface area (TPSA) is 38.3 Å². The van der Waals surface area contributed by atoms with Crippen LogP contribution in [0.25, 0.3) is 0 Å². The van der Waals surface area contributed by atoms with Crippen LogP contribution in [0, 0.1) is 24.3 Å². The third-order valence-corrected chi connectivity index (χ3v) is 5.31. The highest BCUT2D eigenvalue weighted by molar-refractivity contribution is 14.1. The smallest absolute Gasteiger partial charge is 0.262 e. The normalized spacial score (nSPS) is 10.4. The Morgan fingerprint density at radius 3 is 2.64 bits per heavy atom. The molecule has 0 spiro atoms. The molecule has 0 heterocycles. The Morgan fingerprint density at radius 1 is 1.23 bits per heavy atom. The van der Waals surface area contributed by atoms with Crippen molar-refractivity contribution >= 4 is 50.1 Å². The minimum absolute atomic E-state index is 0.00712. The largest absolute Gasteiger partial charge is 0.483 e. The first kappa shape index (κ1) is 17.3. The van der Waals surface area contributed by atoms with Crippen LogP contribution in [0.15, 0.2) is 34.8 Å². The van der Waals surface area contributed by atoms with Crippen LogP contribution in [-0.4, -0.2) is 12.5 Å². The summed E-state index contributed by atoms with van der Waals surface area (Å²) in [5, 5.41) is 2.84. The number of anilines is 1. The average molecular weight is 474 g/mol. The Morgan fingerprint density at radius 2 is 1.95 bits per heavy atom. The van der Waals surface area contributed by atoms with Gasteiger partial charge in [-0.25, -0.2) is 0 Å². The lowest BCUT2D eigenvalue weighted by Crippen LogP contribution is -2.20. The van der Waals surface area contributed by atoms with Crippen LogP contribution in [-0.2, 0) is 4.79 Å². The fourth-order valence-corrected chi connectivity index (χ4v) is 3.02. The zero-order chi connectivity index (χ0) is 16.3. The summed E-state index contributed by atoms with van der Waals surface area (Å²) >= 11 is 5.77. The lowest BCUT2D eigenvalue weighted by molar-refractivity contribution is -0.118. The van der Waals surface area contributed by atoms with Crippen LogP contribution >= 0.6 is 38.5 Å². The van der Waals surface area contributed by atoms with Crippen molar-refractivity contribution in [1.29, 1.82) is 0 Å². The molecule has 3 nitrogen and oxygen atoms in total. The summed E-state index contributed by atoms with van der Waals surface area (Å²) in [6.45, 7) is 6.03. The maximum absolute atomic E-state index is 12.0. The number of hydrogen-bond donors (Lipinski definition) is 1. The van der Waals surface area contributed by atoms with Gasteiger partial charge in [-0.05, 0) is 84.3 Å². The zero-order valence-electron chi connectivity index (χ0n) is 12.7. The molecule has 1 N–H and O–H groups in total. The number of carbonyl (C=O) groups excluding carboxylic acids is 1. The van der Waals surface area contributed by atoms with Crippen molar-refractivity contribution in [2.45, 2.75) is 20.8 Å². The van der Waals surface area contributed by atoms with Crippen molar-refractivity contribution in [1.82, 2.24) is 0 Å². The number of benzene rings is 2. The Bertz CT molecular complexity index is 716. The number of rotatable bonds is 4. The second-order valence-electron chi connectivity index (χ2n) is 5.10. The molecule has 0 aliphatic carbocycles. The minimum Gasteiger partial charge on any atom is -0.483 e. The van der Waals surface area contributed by atoms with Crippen molar-refractivity contribution < 1.29 is 9.53 Å². The maximum atomic E-state index is 12.0. The van der Waals surface area contributed by atoms with Gasteiger partial charge in [-0.3, -0.25) is 4.79 Å². The molecule has 0 radical (unpaired) electrons. The van der Waals surface area contributed by atoms with E-state index < -0.39 is 0 Å². The molecule has 1 amide bonds. The van der Waals surface area contributed by atoms with Gasteiger partial charge in [-0.15, -0.1) is 0 Å². The first-order valence-electron chi connectivity index (χ1n) is 6.83. The van der Waals surface area contributed by atoms with Gasteiger partial charge < -0.3 is 10.1 Å². The molecule has 22 heavy (non-hydrogen) atoms. The van der Waals surface area contributed by atoms with Gasteiger partial charge >= 0.3 is 0 Å². The third kappa shape index (κ3) is 4.23. The van der Waals surface area contributed by atoms with Crippen LogP contribution < -0.4 is 10.1 Å². The van der Waals surface area contributed by atoms with E-state index in [9.17, 15) is 4.79 Å². The predicted molar refractivity (Wildman–Crippen MR) is 102 cm³/mol. The van der Waals surface area contributed by atoms with E-state index in [4.69, 9.17) is 4.74 Å². The van der Waals surface area contributed by atoms with Gasteiger partial charge in [0.15, 0.2) is 6.61 Å². The monoisotopic (exact) mass is 473 g/mol. The van der Waals surface area contributed by atoms with E-state index >= 15 is 0 Å². The van der Waals surface area contributed by atoms with Crippen molar-refractivity contribution in [2.75, 3.05) is 11.9 Å². The molecule has 0 saturated heterocycles. The van der Waals surface area contributed by atoms with Gasteiger partial charge in [0.25, 0.3) is 5.91 Å². The number of nitrogens with one attached hydrogen (secondary N) is 1. The first-order chi connectivity index (χ1) is 10.4. The van der Waals surface area contributed by atoms with Gasteiger partial charge in [-0.2, -0.15) is 0 Å². The van der Waals surface area contributed by atoms with Crippen molar-refractivity contribution in [3.8, 4) is 5.75 Å². The van der Waals surface area contributed by atoms with E-state index in [2.05, 4.69) is 43.8 Å². The number of aryl methyl sites for hydroxylation is 1. The Labute approximate surface area is 152 Å². The number of amides is 1. The van der Waals surface area contributed by atoms with Crippen LogP contribution in [0.4, 0.5) is 5.69 Å². The number of hydrogen-bond acceptors (Lipinski definition) is 2. The molecule has 0 fully saturated rings. The summed E-state index contributed by atoms with van der Waals surface area (Å²) in [5.41, 5.74) is 4.05.